The van der Waals surface area contributed by atoms with E-state index in [9.17, 15) is 14.0 Å². The molecule has 1 amide bonds. The fourth-order valence-electron chi connectivity index (χ4n) is 5.09. The number of aromatic nitrogens is 1. The van der Waals surface area contributed by atoms with Crippen LogP contribution in [-0.2, 0) is 6.54 Å². The summed E-state index contributed by atoms with van der Waals surface area (Å²) in [7, 11) is 1.92. The van der Waals surface area contributed by atoms with Crippen molar-refractivity contribution >= 4 is 45.4 Å². The molecule has 7 heteroatoms. The molecule has 6 aromatic rings. The third-order valence-electron chi connectivity index (χ3n) is 7.26. The first kappa shape index (κ1) is 28.1. The minimum Gasteiger partial charge on any atom is -0.388 e. The van der Waals surface area contributed by atoms with Gasteiger partial charge in [0.25, 0.3) is 5.91 Å². The Hall–Kier alpha value is -5.43. The fraction of sp³-hybridized carbons (Fsp3) is 0.0857. The van der Waals surface area contributed by atoms with Crippen LogP contribution in [0.4, 0.5) is 15.8 Å². The third kappa shape index (κ3) is 5.86. The van der Waals surface area contributed by atoms with Crippen molar-refractivity contribution in [2.75, 3.05) is 17.7 Å². The van der Waals surface area contributed by atoms with Crippen molar-refractivity contribution in [1.82, 2.24) is 4.98 Å². The molecular formula is C35H31FN4O2. The number of aldehydes is 1. The molecule has 1 heterocycles. The van der Waals surface area contributed by atoms with Crippen molar-refractivity contribution in [2.45, 2.75) is 13.5 Å². The maximum Gasteiger partial charge on any atom is 0.250 e. The summed E-state index contributed by atoms with van der Waals surface area (Å²) in [5, 5.41) is 8.81. The Morgan fingerprint density at radius 1 is 0.905 bits per heavy atom. The van der Waals surface area contributed by atoms with Gasteiger partial charge in [0.2, 0.25) is 0 Å². The van der Waals surface area contributed by atoms with Gasteiger partial charge in [0.15, 0.2) is 0 Å². The predicted molar refractivity (Wildman–Crippen MR) is 170 cm³/mol. The zero-order valence-electron chi connectivity index (χ0n) is 23.4. The van der Waals surface area contributed by atoms with Crippen molar-refractivity contribution in [2.24, 2.45) is 5.73 Å². The Bertz CT molecular complexity index is 1880. The molecule has 0 fully saturated rings. The van der Waals surface area contributed by atoms with Crippen LogP contribution in [0, 0.1) is 12.7 Å². The summed E-state index contributed by atoms with van der Waals surface area (Å²) >= 11 is 0. The van der Waals surface area contributed by atoms with Gasteiger partial charge in [0.1, 0.15) is 12.1 Å². The van der Waals surface area contributed by atoms with Crippen LogP contribution in [0.15, 0.2) is 103 Å². The van der Waals surface area contributed by atoms with E-state index in [4.69, 9.17) is 5.73 Å². The molecule has 0 saturated carbocycles. The monoisotopic (exact) mass is 558 g/mol. The number of benzene rings is 5. The minimum atomic E-state index is -0.443. The summed E-state index contributed by atoms with van der Waals surface area (Å²) < 4.78 is 12.1. The molecule has 6 nitrogen and oxygen atoms in total. The Balaban J connectivity index is 0.000000336. The van der Waals surface area contributed by atoms with Gasteiger partial charge in [0, 0.05) is 46.8 Å². The molecule has 0 aliphatic rings. The number of aromatic amines is 1. The Labute approximate surface area is 243 Å². The van der Waals surface area contributed by atoms with E-state index in [1.165, 1.54) is 29.8 Å². The maximum atomic E-state index is 12.2. The van der Waals surface area contributed by atoms with Gasteiger partial charge in [0.05, 0.1) is 11.1 Å². The van der Waals surface area contributed by atoms with Gasteiger partial charge in [-0.1, -0.05) is 54.6 Å². The highest BCUT2D eigenvalue weighted by atomic mass is 19.1. The van der Waals surface area contributed by atoms with Crippen molar-refractivity contribution in [3.8, 4) is 11.1 Å². The molecule has 0 unspecified atom stereocenters. The van der Waals surface area contributed by atoms with Crippen LogP contribution >= 0.6 is 0 Å². The van der Waals surface area contributed by atoms with E-state index < -0.39 is 5.91 Å². The van der Waals surface area contributed by atoms with Crippen molar-refractivity contribution in [3.63, 3.8) is 0 Å². The average molecular weight is 559 g/mol. The molecule has 210 valence electrons. The van der Waals surface area contributed by atoms with Crippen molar-refractivity contribution < 1.29 is 14.0 Å². The second-order valence-electron chi connectivity index (χ2n) is 9.90. The molecule has 5 aromatic carbocycles. The zero-order chi connectivity index (χ0) is 29.6. The van der Waals surface area contributed by atoms with Gasteiger partial charge >= 0.3 is 0 Å². The number of fused-ring (bicyclic) bond motifs is 3. The molecule has 0 aliphatic carbocycles. The summed E-state index contributed by atoms with van der Waals surface area (Å²) in [5.41, 5.74) is 15.1. The normalized spacial score (nSPS) is 10.6. The number of anilines is 2. The molecular weight excluding hydrogens is 527 g/mol. The van der Waals surface area contributed by atoms with Crippen LogP contribution in [-0.4, -0.2) is 24.2 Å². The molecule has 0 saturated heterocycles. The van der Waals surface area contributed by atoms with Crippen LogP contribution in [0.1, 0.15) is 31.8 Å². The number of nitrogens with two attached hydrogens (primary N) is 1. The van der Waals surface area contributed by atoms with Crippen molar-refractivity contribution in [1.29, 1.82) is 0 Å². The first-order valence-electron chi connectivity index (χ1n) is 13.5. The fourth-order valence-corrected chi connectivity index (χ4v) is 5.09. The van der Waals surface area contributed by atoms with E-state index in [0.29, 0.717) is 17.4 Å². The van der Waals surface area contributed by atoms with Gasteiger partial charge in [-0.25, -0.2) is 4.39 Å². The third-order valence-corrected chi connectivity index (χ3v) is 7.26. The van der Waals surface area contributed by atoms with E-state index in [2.05, 4.69) is 65.0 Å². The molecule has 0 spiro atoms. The summed E-state index contributed by atoms with van der Waals surface area (Å²) in [6.45, 7) is 2.84. The highest BCUT2D eigenvalue weighted by Crippen LogP contribution is 2.39. The van der Waals surface area contributed by atoms with E-state index in [1.807, 2.05) is 43.4 Å². The Morgan fingerprint density at radius 2 is 1.67 bits per heavy atom. The van der Waals surface area contributed by atoms with E-state index in [0.717, 1.165) is 56.4 Å². The number of amides is 1. The van der Waals surface area contributed by atoms with Crippen LogP contribution < -0.4 is 16.4 Å². The maximum absolute atomic E-state index is 12.2. The topological polar surface area (TPSA) is 100 Å². The van der Waals surface area contributed by atoms with Crippen LogP contribution in [0.2, 0.25) is 0 Å². The number of hydrogen-bond donors (Lipinski definition) is 4. The number of rotatable bonds is 7. The second-order valence-corrected chi connectivity index (χ2v) is 9.90. The average Bonchev–Trinajstić information content (AvgIpc) is 3.40. The van der Waals surface area contributed by atoms with E-state index in [-0.39, 0.29) is 5.82 Å². The number of primary amides is 1. The minimum absolute atomic E-state index is 0.319. The molecule has 5 N–H and O–H groups in total. The van der Waals surface area contributed by atoms with Gasteiger partial charge in [-0.2, -0.15) is 0 Å². The van der Waals surface area contributed by atoms with Crippen LogP contribution in [0.3, 0.4) is 0 Å². The number of H-pyrrole nitrogens is 1. The highest BCUT2D eigenvalue weighted by molar-refractivity contribution is 6.20. The van der Waals surface area contributed by atoms with Crippen molar-refractivity contribution in [3.05, 3.63) is 131 Å². The lowest BCUT2D eigenvalue weighted by atomic mass is 9.93. The molecule has 1 aromatic heterocycles. The van der Waals surface area contributed by atoms with E-state index in [1.54, 1.807) is 0 Å². The molecule has 0 bridgehead atoms. The van der Waals surface area contributed by atoms with Crippen LogP contribution in [0.5, 0.6) is 0 Å². The largest absolute Gasteiger partial charge is 0.388 e. The summed E-state index contributed by atoms with van der Waals surface area (Å²) in [6.07, 6.45) is 0.680. The highest BCUT2D eigenvalue weighted by Gasteiger charge is 2.18. The van der Waals surface area contributed by atoms with Gasteiger partial charge in [-0.05, 0) is 77.7 Å². The SMILES string of the molecule is CNc1cccc(-c2ccc(C(N)=O)c3[nH]c4cc(NCc5ccccc5)ccc4c23)c1C.O=Cc1ccc(F)cc1. The van der Waals surface area contributed by atoms with Gasteiger partial charge in [-0.3, -0.25) is 9.59 Å². The molecule has 42 heavy (non-hydrogen) atoms. The number of carbonyl (C=O) groups is 2. The van der Waals surface area contributed by atoms with Gasteiger partial charge < -0.3 is 21.4 Å². The molecule has 0 radical (unpaired) electrons. The Kier molecular flexibility index (Phi) is 8.29. The van der Waals surface area contributed by atoms with E-state index >= 15 is 0 Å². The lowest BCUT2D eigenvalue weighted by Gasteiger charge is -2.13. The number of nitrogens with one attached hydrogen (secondary N) is 3. The summed E-state index contributed by atoms with van der Waals surface area (Å²) in [4.78, 5) is 25.7. The Morgan fingerprint density at radius 3 is 2.36 bits per heavy atom. The molecule has 0 aliphatic heterocycles. The standard InChI is InChI=1S/C28H26N4O.C7H5FO/c1-17-20(9-6-10-24(17)30-2)21-13-14-23(28(29)33)27-26(21)22-12-11-19(15-25(22)32-27)31-16-18-7-4-3-5-8-18;8-7-3-1-6(5-9)2-4-7/h3-15,30-32H,16H2,1-2H3,(H2,29,33);1-5H. The first-order valence-corrected chi connectivity index (χ1v) is 13.5. The smallest absolute Gasteiger partial charge is 0.250 e. The molecule has 6 rings (SSSR count). The molecule has 0 atom stereocenters. The summed E-state index contributed by atoms with van der Waals surface area (Å²) in [6, 6.07) is 32.0. The predicted octanol–water partition coefficient (Wildman–Crippen LogP) is 7.69. The lowest BCUT2D eigenvalue weighted by molar-refractivity contribution is 0.100. The lowest BCUT2D eigenvalue weighted by Crippen LogP contribution is -2.11. The number of halogens is 1. The summed E-state index contributed by atoms with van der Waals surface area (Å²) in [5.74, 6) is -0.762. The zero-order valence-corrected chi connectivity index (χ0v) is 23.4. The number of carbonyl (C=O) groups excluding carboxylic acids is 2. The second kappa shape index (κ2) is 12.4. The van der Waals surface area contributed by atoms with Crippen LogP contribution in [0.25, 0.3) is 32.9 Å². The van der Waals surface area contributed by atoms with Gasteiger partial charge in [-0.15, -0.1) is 0 Å². The number of hydrogen-bond acceptors (Lipinski definition) is 4. The first-order chi connectivity index (χ1) is 20.4. The quantitative estimate of drug-likeness (QED) is 0.151.